The molecule has 18 heavy (non-hydrogen) atoms. The largest absolute Gasteiger partial charge is 0.452 e. The molecular weight excluding hydrogens is 228 g/mol. The molecule has 2 rings (SSSR count). The number of nitrogens with one attached hydrogen (secondary N) is 1. The molecule has 0 atom stereocenters. The Labute approximate surface area is 107 Å². The molecule has 0 amide bonds. The number of pyridine rings is 1. The van der Waals surface area contributed by atoms with Crippen molar-refractivity contribution in [1.29, 1.82) is 0 Å². The first kappa shape index (κ1) is 12.4. The Kier molecular flexibility index (Phi) is 4.17. The van der Waals surface area contributed by atoms with E-state index in [1.165, 1.54) is 0 Å². The van der Waals surface area contributed by atoms with E-state index < -0.39 is 0 Å². The zero-order valence-electron chi connectivity index (χ0n) is 10.8. The van der Waals surface area contributed by atoms with Crippen LogP contribution >= 0.6 is 0 Å². The van der Waals surface area contributed by atoms with Gasteiger partial charge in [0, 0.05) is 19.2 Å². The number of nitrogens with zero attached hydrogens (tertiary/aromatic N) is 3. The first-order valence-electron chi connectivity index (χ1n) is 6.21. The lowest BCUT2D eigenvalue weighted by atomic mass is 10.3. The van der Waals surface area contributed by atoms with Crippen molar-refractivity contribution >= 4 is 5.69 Å². The summed E-state index contributed by atoms with van der Waals surface area (Å²) in [6, 6.07) is 1.94. The van der Waals surface area contributed by atoms with E-state index in [9.17, 15) is 0 Å². The van der Waals surface area contributed by atoms with Crippen molar-refractivity contribution in [3.05, 3.63) is 30.9 Å². The van der Waals surface area contributed by atoms with E-state index in [-0.39, 0.29) is 0 Å². The summed E-state index contributed by atoms with van der Waals surface area (Å²) >= 11 is 0. The van der Waals surface area contributed by atoms with Crippen LogP contribution < -0.4 is 10.1 Å². The normalized spacial score (nSPS) is 10.3. The molecule has 5 heteroatoms. The fraction of sp³-hybridized carbons (Fsp3) is 0.385. The summed E-state index contributed by atoms with van der Waals surface area (Å²) < 4.78 is 7.52. The second kappa shape index (κ2) is 6.05. The van der Waals surface area contributed by atoms with Gasteiger partial charge < -0.3 is 10.1 Å². The number of rotatable bonds is 6. The molecule has 0 aromatic carbocycles. The van der Waals surface area contributed by atoms with Crippen molar-refractivity contribution < 1.29 is 4.74 Å². The van der Waals surface area contributed by atoms with Crippen LogP contribution in [0.25, 0.3) is 0 Å². The Balaban J connectivity index is 2.04. The van der Waals surface area contributed by atoms with Gasteiger partial charge in [0.2, 0.25) is 0 Å². The van der Waals surface area contributed by atoms with Crippen LogP contribution in [0.3, 0.4) is 0 Å². The van der Waals surface area contributed by atoms with Crippen LogP contribution in [0.15, 0.2) is 30.9 Å². The van der Waals surface area contributed by atoms with Gasteiger partial charge in [0.1, 0.15) is 5.75 Å². The minimum Gasteiger partial charge on any atom is -0.452 e. The average Bonchev–Trinajstić information content (AvgIpc) is 2.84. The summed E-state index contributed by atoms with van der Waals surface area (Å²) in [7, 11) is 0. The lowest BCUT2D eigenvalue weighted by Gasteiger charge is -2.06. The van der Waals surface area contributed by atoms with Gasteiger partial charge in [0.15, 0.2) is 5.75 Å². The van der Waals surface area contributed by atoms with E-state index >= 15 is 0 Å². The van der Waals surface area contributed by atoms with Gasteiger partial charge in [-0.15, -0.1) is 0 Å². The van der Waals surface area contributed by atoms with Crippen LogP contribution in [-0.2, 0) is 6.54 Å². The van der Waals surface area contributed by atoms with E-state index in [1.807, 2.05) is 23.9 Å². The van der Waals surface area contributed by atoms with Crippen molar-refractivity contribution in [3.8, 4) is 11.5 Å². The molecule has 0 radical (unpaired) electrons. The fourth-order valence-corrected chi connectivity index (χ4v) is 1.55. The summed E-state index contributed by atoms with van der Waals surface area (Å²) in [6.07, 6.45) is 8.13. The highest BCUT2D eigenvalue weighted by Crippen LogP contribution is 2.22. The van der Waals surface area contributed by atoms with Gasteiger partial charge in [0.25, 0.3) is 0 Å². The maximum atomic E-state index is 5.70. The molecule has 0 aliphatic heterocycles. The number of aromatic nitrogens is 3. The van der Waals surface area contributed by atoms with E-state index in [4.69, 9.17) is 4.74 Å². The number of hydrogen-bond donors (Lipinski definition) is 1. The lowest BCUT2D eigenvalue weighted by molar-refractivity contribution is 0.479. The Morgan fingerprint density at radius 3 is 2.83 bits per heavy atom. The number of anilines is 1. The minimum absolute atomic E-state index is 0.715. The van der Waals surface area contributed by atoms with Crippen LogP contribution in [-0.4, -0.2) is 21.3 Å². The number of hydrogen-bond acceptors (Lipinski definition) is 4. The first-order valence-corrected chi connectivity index (χ1v) is 6.21. The summed E-state index contributed by atoms with van der Waals surface area (Å²) in [5.74, 6) is 1.44. The second-order valence-electron chi connectivity index (χ2n) is 3.97. The highest BCUT2D eigenvalue weighted by atomic mass is 16.5. The molecule has 0 aliphatic rings. The topological polar surface area (TPSA) is 52.0 Å². The molecular formula is C13H18N4O. The summed E-state index contributed by atoms with van der Waals surface area (Å²) in [5, 5.41) is 7.43. The molecule has 2 aromatic heterocycles. The Morgan fingerprint density at radius 1 is 1.22 bits per heavy atom. The van der Waals surface area contributed by atoms with Gasteiger partial charge in [-0.2, -0.15) is 5.10 Å². The highest BCUT2D eigenvalue weighted by molar-refractivity contribution is 5.45. The molecule has 0 unspecified atom stereocenters. The quantitative estimate of drug-likeness (QED) is 0.851. The number of ether oxygens (including phenoxy) is 1. The van der Waals surface area contributed by atoms with Gasteiger partial charge in [-0.3, -0.25) is 9.67 Å². The summed E-state index contributed by atoms with van der Waals surface area (Å²) in [4.78, 5) is 4.15. The van der Waals surface area contributed by atoms with E-state index in [2.05, 4.69) is 22.3 Å². The van der Waals surface area contributed by atoms with Crippen molar-refractivity contribution in [2.24, 2.45) is 0 Å². The van der Waals surface area contributed by atoms with E-state index in [0.29, 0.717) is 5.75 Å². The zero-order valence-corrected chi connectivity index (χ0v) is 10.8. The van der Waals surface area contributed by atoms with Crippen molar-refractivity contribution in [1.82, 2.24) is 14.8 Å². The molecule has 0 saturated heterocycles. The number of aryl methyl sites for hydroxylation is 1. The Bertz CT molecular complexity index is 495. The second-order valence-corrected chi connectivity index (χ2v) is 3.97. The van der Waals surface area contributed by atoms with Crippen molar-refractivity contribution in [2.45, 2.75) is 26.8 Å². The van der Waals surface area contributed by atoms with Gasteiger partial charge in [-0.05, 0) is 13.3 Å². The molecule has 0 aliphatic carbocycles. The highest BCUT2D eigenvalue weighted by Gasteiger charge is 2.02. The molecule has 0 bridgehead atoms. The van der Waals surface area contributed by atoms with Crippen LogP contribution in [0, 0.1) is 0 Å². The maximum Gasteiger partial charge on any atom is 0.165 e. The predicted molar refractivity (Wildman–Crippen MR) is 71.0 cm³/mol. The van der Waals surface area contributed by atoms with Crippen LogP contribution in [0.2, 0.25) is 0 Å². The van der Waals surface area contributed by atoms with Gasteiger partial charge in [-0.25, -0.2) is 0 Å². The van der Waals surface area contributed by atoms with E-state index in [1.54, 1.807) is 18.6 Å². The smallest absolute Gasteiger partial charge is 0.165 e. The SMILES string of the molecule is CCCNc1cncc(Oc2cnn(CC)c2)c1. The minimum atomic E-state index is 0.715. The summed E-state index contributed by atoms with van der Waals surface area (Å²) in [6.45, 7) is 5.92. The van der Waals surface area contributed by atoms with Crippen LogP contribution in [0.4, 0.5) is 5.69 Å². The molecule has 1 N–H and O–H groups in total. The van der Waals surface area contributed by atoms with Crippen LogP contribution in [0.5, 0.6) is 11.5 Å². The third-order valence-corrected chi connectivity index (χ3v) is 2.46. The molecule has 2 heterocycles. The van der Waals surface area contributed by atoms with E-state index in [0.717, 1.165) is 30.9 Å². The van der Waals surface area contributed by atoms with Gasteiger partial charge >= 0.3 is 0 Å². The Morgan fingerprint density at radius 2 is 2.11 bits per heavy atom. The molecule has 0 spiro atoms. The molecule has 2 aromatic rings. The van der Waals surface area contributed by atoms with Gasteiger partial charge in [0.05, 0.1) is 30.5 Å². The fourth-order valence-electron chi connectivity index (χ4n) is 1.55. The maximum absolute atomic E-state index is 5.70. The third kappa shape index (κ3) is 3.23. The predicted octanol–water partition coefficient (Wildman–Crippen LogP) is 2.91. The summed E-state index contributed by atoms with van der Waals surface area (Å²) in [5.41, 5.74) is 0.970. The lowest BCUT2D eigenvalue weighted by Crippen LogP contribution is -2.00. The van der Waals surface area contributed by atoms with Crippen LogP contribution in [0.1, 0.15) is 20.3 Å². The third-order valence-electron chi connectivity index (χ3n) is 2.46. The molecule has 0 fully saturated rings. The average molecular weight is 246 g/mol. The first-order chi connectivity index (χ1) is 8.81. The Hall–Kier alpha value is -2.04. The van der Waals surface area contributed by atoms with Crippen molar-refractivity contribution in [2.75, 3.05) is 11.9 Å². The molecule has 5 nitrogen and oxygen atoms in total. The standard InChI is InChI=1S/C13H18N4O/c1-3-5-15-11-6-12(8-14-7-11)18-13-9-16-17(4-2)10-13/h6-10,15H,3-5H2,1-2H3. The molecule has 0 saturated carbocycles. The van der Waals surface area contributed by atoms with Gasteiger partial charge in [-0.1, -0.05) is 6.92 Å². The zero-order chi connectivity index (χ0) is 12.8. The van der Waals surface area contributed by atoms with Crippen molar-refractivity contribution in [3.63, 3.8) is 0 Å². The monoisotopic (exact) mass is 246 g/mol. The molecule has 96 valence electrons.